The van der Waals surface area contributed by atoms with Crippen LogP contribution in [-0.2, 0) is 7.05 Å². The number of aryl methyl sites for hydroxylation is 1. The molecule has 0 saturated heterocycles. The Morgan fingerprint density at radius 2 is 1.89 bits per heavy atom. The summed E-state index contributed by atoms with van der Waals surface area (Å²) in [5.74, 6) is 1.42. The molecule has 0 saturated carbocycles. The van der Waals surface area contributed by atoms with Crippen LogP contribution in [0.15, 0.2) is 48.7 Å². The first-order chi connectivity index (χ1) is 17.3. The molecule has 0 aliphatic heterocycles. The number of para-hydroxylation sites is 2. The molecule has 2 aromatic heterocycles. The van der Waals surface area contributed by atoms with Gasteiger partial charge in [0.15, 0.2) is 5.82 Å². The molecule has 0 radical (unpaired) electrons. The highest BCUT2D eigenvalue weighted by molar-refractivity contribution is 5.80. The van der Waals surface area contributed by atoms with Crippen molar-refractivity contribution in [3.05, 3.63) is 58.8 Å². The minimum atomic E-state index is -0.390. The summed E-state index contributed by atoms with van der Waals surface area (Å²) in [6.45, 7) is 1.55. The minimum Gasteiger partial charge on any atom is -0.494 e. The highest BCUT2D eigenvalue weighted by Gasteiger charge is 2.22. The van der Waals surface area contributed by atoms with Crippen molar-refractivity contribution in [2.45, 2.75) is 6.42 Å². The normalized spacial score (nSPS) is 11.2. The average Bonchev–Trinajstić information content (AvgIpc) is 3.20. The standard InChI is InChI=1S/C25H30N8O3/c1-30(2)13-8-14-31(3)21-16-23(36-5)19(15-22(21)33(34)35)29-25-26-12-11-18(28-25)24-27-17-9-6-7-10-20(17)32(24)4/h6-7,9-12,15-16H,8,13-14H2,1-5H3,(H,26,28,29). The third kappa shape index (κ3) is 5.20. The Labute approximate surface area is 209 Å². The molecule has 36 heavy (non-hydrogen) atoms. The van der Waals surface area contributed by atoms with Gasteiger partial charge in [-0.05, 0) is 45.3 Å². The van der Waals surface area contributed by atoms with Gasteiger partial charge in [-0.15, -0.1) is 0 Å². The fourth-order valence-electron chi connectivity index (χ4n) is 4.06. The van der Waals surface area contributed by atoms with Gasteiger partial charge in [0.25, 0.3) is 5.69 Å². The van der Waals surface area contributed by atoms with Crippen LogP contribution in [0.4, 0.5) is 23.0 Å². The van der Waals surface area contributed by atoms with E-state index in [2.05, 4.69) is 20.2 Å². The van der Waals surface area contributed by atoms with E-state index in [0.717, 1.165) is 24.0 Å². The number of ether oxygens (including phenoxy) is 1. The van der Waals surface area contributed by atoms with Gasteiger partial charge in [0.1, 0.15) is 17.1 Å². The number of methoxy groups -OCH3 is 1. The summed E-state index contributed by atoms with van der Waals surface area (Å²) in [6.07, 6.45) is 2.49. The summed E-state index contributed by atoms with van der Waals surface area (Å²) in [4.78, 5) is 29.1. The largest absolute Gasteiger partial charge is 0.494 e. The molecule has 2 aromatic carbocycles. The topological polar surface area (TPSA) is 114 Å². The molecule has 11 nitrogen and oxygen atoms in total. The van der Waals surface area contributed by atoms with Crippen LogP contribution in [0.2, 0.25) is 0 Å². The molecule has 0 bridgehead atoms. The van der Waals surface area contributed by atoms with Crippen LogP contribution >= 0.6 is 0 Å². The number of benzene rings is 2. The van der Waals surface area contributed by atoms with Gasteiger partial charge in [0.2, 0.25) is 5.95 Å². The Morgan fingerprint density at radius 1 is 1.11 bits per heavy atom. The predicted octanol–water partition coefficient (Wildman–Crippen LogP) is 4.08. The number of nitrogens with zero attached hydrogens (tertiary/aromatic N) is 7. The Balaban J connectivity index is 1.65. The minimum absolute atomic E-state index is 0.0304. The van der Waals surface area contributed by atoms with E-state index in [-0.39, 0.29) is 16.6 Å². The Morgan fingerprint density at radius 3 is 2.58 bits per heavy atom. The summed E-state index contributed by atoms with van der Waals surface area (Å²) in [7, 11) is 9.30. The highest BCUT2D eigenvalue weighted by atomic mass is 16.6. The average molecular weight is 491 g/mol. The molecule has 0 spiro atoms. The van der Waals surface area contributed by atoms with Crippen molar-refractivity contribution in [1.29, 1.82) is 0 Å². The number of fused-ring (bicyclic) bond motifs is 1. The van der Waals surface area contributed by atoms with Crippen LogP contribution < -0.4 is 15.0 Å². The fourth-order valence-corrected chi connectivity index (χ4v) is 4.06. The first-order valence-electron chi connectivity index (χ1n) is 11.5. The van der Waals surface area contributed by atoms with Crippen LogP contribution in [0.1, 0.15) is 6.42 Å². The van der Waals surface area contributed by atoms with Crippen molar-refractivity contribution in [3.63, 3.8) is 0 Å². The lowest BCUT2D eigenvalue weighted by molar-refractivity contribution is -0.384. The number of anilines is 3. The van der Waals surface area contributed by atoms with Crippen LogP contribution in [0, 0.1) is 10.1 Å². The summed E-state index contributed by atoms with van der Waals surface area (Å²) < 4.78 is 7.53. The lowest BCUT2D eigenvalue weighted by Crippen LogP contribution is -2.24. The van der Waals surface area contributed by atoms with Crippen molar-refractivity contribution in [1.82, 2.24) is 24.4 Å². The number of aromatic nitrogens is 4. The zero-order valence-corrected chi connectivity index (χ0v) is 21.1. The molecule has 0 aliphatic rings. The molecule has 0 unspecified atom stereocenters. The zero-order valence-electron chi connectivity index (χ0n) is 21.1. The molecule has 2 heterocycles. The van der Waals surface area contributed by atoms with Gasteiger partial charge in [-0.3, -0.25) is 10.1 Å². The second kappa shape index (κ2) is 10.6. The molecule has 188 valence electrons. The number of hydrogen-bond donors (Lipinski definition) is 1. The zero-order chi connectivity index (χ0) is 25.8. The molecule has 4 aromatic rings. The summed E-state index contributed by atoms with van der Waals surface area (Å²) in [6, 6.07) is 12.8. The lowest BCUT2D eigenvalue weighted by atomic mass is 10.2. The monoisotopic (exact) mass is 490 g/mol. The maximum Gasteiger partial charge on any atom is 0.294 e. The van der Waals surface area contributed by atoms with Gasteiger partial charge in [-0.2, -0.15) is 0 Å². The number of nitrogens with one attached hydrogen (secondary N) is 1. The van der Waals surface area contributed by atoms with Crippen LogP contribution in [0.5, 0.6) is 5.75 Å². The Kier molecular flexibility index (Phi) is 7.30. The number of imidazole rings is 1. The van der Waals surface area contributed by atoms with E-state index in [0.29, 0.717) is 35.2 Å². The molecule has 4 rings (SSSR count). The third-order valence-corrected chi connectivity index (χ3v) is 5.92. The molecule has 0 aliphatic carbocycles. The number of nitro groups is 1. The SMILES string of the molecule is COc1cc(N(C)CCCN(C)C)c([N+](=O)[O-])cc1Nc1nccc(-c2nc3ccccc3n2C)n1. The molecule has 0 fully saturated rings. The second-order valence-electron chi connectivity index (χ2n) is 8.75. The van der Waals surface area contributed by atoms with Gasteiger partial charge in [-0.1, -0.05) is 12.1 Å². The molecular formula is C25H30N8O3. The predicted molar refractivity (Wildman–Crippen MR) is 141 cm³/mol. The van der Waals surface area contributed by atoms with Crippen molar-refractivity contribution in [3.8, 4) is 17.3 Å². The number of hydrogen-bond acceptors (Lipinski definition) is 9. The van der Waals surface area contributed by atoms with E-state index in [1.807, 2.05) is 61.9 Å². The molecule has 0 amide bonds. The maximum absolute atomic E-state index is 11.9. The van der Waals surface area contributed by atoms with Crippen LogP contribution in [-0.4, -0.2) is 70.7 Å². The maximum atomic E-state index is 11.9. The van der Waals surface area contributed by atoms with Gasteiger partial charge >= 0.3 is 0 Å². The van der Waals surface area contributed by atoms with E-state index in [9.17, 15) is 10.1 Å². The van der Waals surface area contributed by atoms with Gasteiger partial charge < -0.3 is 24.4 Å². The molecule has 0 atom stereocenters. The smallest absolute Gasteiger partial charge is 0.294 e. The van der Waals surface area contributed by atoms with Gasteiger partial charge in [0.05, 0.1) is 28.8 Å². The van der Waals surface area contributed by atoms with Crippen molar-refractivity contribution >= 4 is 34.0 Å². The fraction of sp³-hybridized carbons (Fsp3) is 0.320. The summed E-state index contributed by atoms with van der Waals surface area (Å²) in [5.41, 5.74) is 3.33. The lowest BCUT2D eigenvalue weighted by Gasteiger charge is -2.22. The molecular weight excluding hydrogens is 460 g/mol. The van der Waals surface area contributed by atoms with Crippen molar-refractivity contribution < 1.29 is 9.66 Å². The Hall–Kier alpha value is -4.25. The van der Waals surface area contributed by atoms with E-state index >= 15 is 0 Å². The summed E-state index contributed by atoms with van der Waals surface area (Å²) >= 11 is 0. The van der Waals surface area contributed by atoms with Gasteiger partial charge in [0, 0.05) is 39.0 Å². The van der Waals surface area contributed by atoms with Crippen LogP contribution in [0.3, 0.4) is 0 Å². The number of rotatable bonds is 10. The van der Waals surface area contributed by atoms with Crippen LogP contribution in [0.25, 0.3) is 22.6 Å². The first kappa shape index (κ1) is 24.9. The van der Waals surface area contributed by atoms with E-state index in [1.165, 1.54) is 13.2 Å². The van der Waals surface area contributed by atoms with E-state index in [1.54, 1.807) is 18.3 Å². The van der Waals surface area contributed by atoms with E-state index < -0.39 is 0 Å². The van der Waals surface area contributed by atoms with Crippen molar-refractivity contribution in [2.24, 2.45) is 7.05 Å². The second-order valence-corrected chi connectivity index (χ2v) is 8.75. The van der Waals surface area contributed by atoms with E-state index in [4.69, 9.17) is 9.72 Å². The highest BCUT2D eigenvalue weighted by Crippen LogP contribution is 2.39. The first-order valence-corrected chi connectivity index (χ1v) is 11.5. The number of nitro benzene ring substituents is 1. The van der Waals surface area contributed by atoms with Crippen molar-refractivity contribution in [2.75, 3.05) is 51.6 Å². The quantitative estimate of drug-likeness (QED) is 0.259. The molecule has 1 N–H and O–H groups in total. The Bertz CT molecular complexity index is 1390. The summed E-state index contributed by atoms with van der Waals surface area (Å²) in [5, 5.41) is 15.0. The third-order valence-electron chi connectivity index (χ3n) is 5.92. The van der Waals surface area contributed by atoms with Gasteiger partial charge in [-0.25, -0.2) is 15.0 Å². The molecule has 11 heteroatoms.